The number of allylic oxidation sites excluding steroid dienone is 2. The molecule has 0 N–H and O–H groups in total. The zero-order chi connectivity index (χ0) is 15.3. The van der Waals surface area contributed by atoms with Gasteiger partial charge in [0, 0.05) is 0 Å². The molecule has 0 atom stereocenters. The first kappa shape index (κ1) is 17.4. The molecule has 1 fully saturated rings. The average molecular weight is 362 g/mol. The van der Waals surface area contributed by atoms with Gasteiger partial charge in [0.2, 0.25) is 0 Å². The van der Waals surface area contributed by atoms with Crippen LogP contribution in [0.5, 0.6) is 0 Å². The zero-order valence-corrected chi connectivity index (χ0v) is 18.7. The number of rotatable bonds is 3. The molecule has 1 aliphatic carbocycles. The van der Waals surface area contributed by atoms with Crippen LogP contribution >= 0.6 is 0 Å². The molecule has 0 amide bonds. The topological polar surface area (TPSA) is 0 Å². The van der Waals surface area contributed by atoms with Crippen LogP contribution in [0.3, 0.4) is 0 Å². The van der Waals surface area contributed by atoms with E-state index in [0.29, 0.717) is 0 Å². The van der Waals surface area contributed by atoms with Gasteiger partial charge in [-0.15, -0.1) is 0 Å². The standard InChI is InChI=1S/C16H32AsSi2.Li/c1-18(2,3)16-12-13-17(14-16,19(4,5)6)15-10-8-7-9-11-15;/h12-15H,7-11H2,1-6H3;/q+1;-1. The Morgan fingerprint density at radius 2 is 1.55 bits per heavy atom. The van der Waals surface area contributed by atoms with Gasteiger partial charge < -0.3 is 0 Å². The Labute approximate surface area is 136 Å². The molecular formula is C16H32AsLiSi2. The van der Waals surface area contributed by atoms with Gasteiger partial charge in [-0.2, -0.15) is 0 Å². The summed E-state index contributed by atoms with van der Waals surface area (Å²) < 4.78 is 1.05. The van der Waals surface area contributed by atoms with Crippen LogP contribution in [0.25, 0.3) is 0 Å². The molecule has 1 saturated carbocycles. The second-order valence-electron chi connectivity index (χ2n) is 9.45. The predicted octanol–water partition coefficient (Wildman–Crippen LogP) is 5.26. The second kappa shape index (κ2) is 5.31. The van der Waals surface area contributed by atoms with Gasteiger partial charge in [0.25, 0.3) is 0 Å². The molecule has 0 saturated heterocycles. The quantitative estimate of drug-likeness (QED) is 0.601. The first-order valence-corrected chi connectivity index (χ1v) is 23.3. The van der Waals surface area contributed by atoms with Gasteiger partial charge in [0.05, 0.1) is 0 Å². The van der Waals surface area contributed by atoms with E-state index in [1.165, 1.54) is 32.1 Å². The van der Waals surface area contributed by atoms with Crippen molar-refractivity contribution in [2.75, 3.05) is 0 Å². The Kier molecular flexibility index (Phi) is 4.63. The molecule has 2 aliphatic rings. The van der Waals surface area contributed by atoms with Gasteiger partial charge in [0.1, 0.15) is 0 Å². The Bertz CT molecular complexity index is 452. The average Bonchev–Trinajstić information content (AvgIpc) is 2.72. The summed E-state index contributed by atoms with van der Waals surface area (Å²) in [6, 6.07) is 0. The van der Waals surface area contributed by atoms with Crippen molar-refractivity contribution in [1.82, 2.24) is 0 Å². The molecule has 0 aromatic heterocycles. The summed E-state index contributed by atoms with van der Waals surface area (Å²) in [5.41, 5.74) is 0. The van der Waals surface area contributed by atoms with E-state index in [4.69, 9.17) is 0 Å². The van der Waals surface area contributed by atoms with Crippen LogP contribution in [0.2, 0.25) is 44.0 Å². The Morgan fingerprint density at radius 3 is 1.95 bits per heavy atom. The summed E-state index contributed by atoms with van der Waals surface area (Å²) >= 11 is 2.80. The molecule has 4 heteroatoms. The maximum atomic E-state index is 2.95. The summed E-state index contributed by atoms with van der Waals surface area (Å²) in [5.74, 6) is 0. The summed E-state index contributed by atoms with van der Waals surface area (Å²) in [6.07, 6.45) is 10.1. The number of hydrogen-bond acceptors (Lipinski definition) is 0. The van der Waals surface area contributed by atoms with Gasteiger partial charge in [-0.3, -0.25) is 0 Å². The van der Waals surface area contributed by atoms with Crippen LogP contribution in [0, 0.1) is 0 Å². The fraction of sp³-hybridized carbons (Fsp3) is 0.750. The molecule has 0 aromatic carbocycles. The van der Waals surface area contributed by atoms with E-state index < -0.39 is 24.1 Å². The van der Waals surface area contributed by atoms with Crippen LogP contribution in [-0.2, 0) is 0 Å². The van der Waals surface area contributed by atoms with Crippen molar-refractivity contribution in [1.29, 1.82) is 0 Å². The van der Waals surface area contributed by atoms with Gasteiger partial charge in [-0.05, 0) is 0 Å². The second-order valence-corrected chi connectivity index (χ2v) is 44.0. The third-order valence-electron chi connectivity index (χ3n) is 6.37. The van der Waals surface area contributed by atoms with Crippen molar-refractivity contribution in [2.24, 2.45) is 0 Å². The van der Waals surface area contributed by atoms with Crippen LogP contribution in [0.1, 0.15) is 32.1 Å². The van der Waals surface area contributed by atoms with E-state index in [-0.39, 0.29) is 0 Å². The van der Waals surface area contributed by atoms with Gasteiger partial charge in [-0.1, -0.05) is 0 Å². The Balaban J connectivity index is 2.54. The van der Waals surface area contributed by atoms with Crippen molar-refractivity contribution in [3.8, 4) is 0 Å². The van der Waals surface area contributed by atoms with E-state index >= 15 is 0 Å². The maximum absolute atomic E-state index is 2.95. The summed E-state index contributed by atoms with van der Waals surface area (Å²) in [7, 11) is -3.59. The monoisotopic (exact) mass is 362 g/mol. The zero-order valence-electron chi connectivity index (χ0n) is 14.8. The van der Waals surface area contributed by atoms with Crippen molar-refractivity contribution in [2.45, 2.75) is 76.1 Å². The molecular weight excluding hydrogens is 330 g/mol. The minimum absolute atomic E-state index is 1.05. The molecule has 0 unspecified atom stereocenters. The summed E-state index contributed by atoms with van der Waals surface area (Å²) in [4.78, 5) is 5.79. The SMILES string of the molecule is [Li][As]1(C2CCCCC2)([Si](C)(C)C)C=CC([Si](C)(C)C)=C1. The Morgan fingerprint density at radius 1 is 1.00 bits per heavy atom. The molecule has 0 nitrogen and oxygen atoms in total. The van der Waals surface area contributed by atoms with Crippen LogP contribution < -0.4 is 0 Å². The van der Waals surface area contributed by atoms with Gasteiger partial charge in [-0.25, -0.2) is 0 Å². The fourth-order valence-corrected chi connectivity index (χ4v) is 34.5. The van der Waals surface area contributed by atoms with Crippen molar-refractivity contribution < 1.29 is 0 Å². The molecule has 110 valence electrons. The molecule has 1 aliphatic heterocycles. The van der Waals surface area contributed by atoms with E-state index in [1.54, 1.807) is 5.20 Å². The summed E-state index contributed by atoms with van der Waals surface area (Å²) in [5, 5.41) is 1.78. The predicted molar refractivity (Wildman–Crippen MR) is 102 cm³/mol. The number of hydrogen-bond donors (Lipinski definition) is 0. The molecule has 0 spiro atoms. The fourth-order valence-electron chi connectivity index (χ4n) is 4.14. The molecule has 2 rings (SSSR count). The van der Waals surface area contributed by atoms with Gasteiger partial charge >= 0.3 is 137 Å². The minimum atomic E-state index is -2.43. The van der Waals surface area contributed by atoms with Crippen LogP contribution in [0.4, 0.5) is 0 Å². The summed E-state index contributed by atoms with van der Waals surface area (Å²) in [6.45, 7) is 14.4. The van der Waals surface area contributed by atoms with Crippen LogP contribution in [0.15, 0.2) is 21.0 Å². The van der Waals surface area contributed by atoms with E-state index in [2.05, 4.69) is 70.7 Å². The van der Waals surface area contributed by atoms with Crippen LogP contribution in [-0.4, -0.2) is 39.7 Å². The molecule has 0 aromatic rings. The van der Waals surface area contributed by atoms with Crippen molar-refractivity contribution >= 4 is 39.7 Å². The first-order chi connectivity index (χ1) is 8.98. The van der Waals surface area contributed by atoms with Crippen molar-refractivity contribution in [3.05, 3.63) is 21.0 Å². The van der Waals surface area contributed by atoms with E-state index in [1.807, 2.05) is 0 Å². The molecule has 1 heterocycles. The molecule has 20 heavy (non-hydrogen) atoms. The van der Waals surface area contributed by atoms with Gasteiger partial charge in [0.15, 0.2) is 0 Å². The van der Waals surface area contributed by atoms with E-state index in [0.717, 1.165) is 4.71 Å². The Hall–Kier alpha value is 1.07. The first-order valence-electron chi connectivity index (χ1n) is 8.42. The third-order valence-corrected chi connectivity index (χ3v) is 48.2. The third kappa shape index (κ3) is 2.69. The molecule has 0 bridgehead atoms. The van der Waals surface area contributed by atoms with E-state index in [9.17, 15) is 0 Å². The normalized spacial score (nSPS) is 28.8. The molecule has 0 radical (unpaired) electrons. The van der Waals surface area contributed by atoms with Crippen molar-refractivity contribution in [3.63, 3.8) is 0 Å².